The smallest absolute Gasteiger partial charge is 0.743 e. The van der Waals surface area contributed by atoms with E-state index in [-0.39, 0.29) is 34.7 Å². The molecule has 6 nitrogen and oxygen atoms in total. The zero-order valence-corrected chi connectivity index (χ0v) is 11.3. The molecule has 0 amide bonds. The SMILES string of the molecule is CNc1nnc(C(F)(F)S(=O)(=O)[O-])s1.[Na+]. The van der Waals surface area contributed by atoms with Crippen molar-refractivity contribution in [3.05, 3.63) is 5.01 Å². The maximum Gasteiger partial charge on any atom is 1.00 e. The van der Waals surface area contributed by atoms with E-state index in [4.69, 9.17) is 0 Å². The maximum absolute atomic E-state index is 12.8. The third-order valence-corrected chi connectivity index (χ3v) is 3.16. The van der Waals surface area contributed by atoms with Crippen molar-refractivity contribution in [2.75, 3.05) is 12.4 Å². The second-order valence-corrected chi connectivity index (χ2v) is 4.53. The number of hydrogen-bond acceptors (Lipinski definition) is 7. The van der Waals surface area contributed by atoms with Crippen molar-refractivity contribution in [2.24, 2.45) is 0 Å². The van der Waals surface area contributed by atoms with Crippen LogP contribution in [0, 0.1) is 0 Å². The molecule has 80 valence electrons. The zero-order valence-electron chi connectivity index (χ0n) is 7.69. The Hall–Kier alpha value is 0.130. The Morgan fingerprint density at radius 3 is 2.33 bits per heavy atom. The first-order valence-electron chi connectivity index (χ1n) is 3.14. The molecule has 15 heavy (non-hydrogen) atoms. The molecule has 0 aliphatic rings. The van der Waals surface area contributed by atoms with E-state index in [0.29, 0.717) is 11.3 Å². The van der Waals surface area contributed by atoms with Crippen LogP contribution in [0.1, 0.15) is 5.01 Å². The molecule has 1 aromatic rings. The Morgan fingerprint density at radius 2 is 2.00 bits per heavy atom. The van der Waals surface area contributed by atoms with Crippen LogP contribution >= 0.6 is 11.3 Å². The molecule has 0 aliphatic heterocycles. The van der Waals surface area contributed by atoms with Gasteiger partial charge in [-0.3, -0.25) is 0 Å². The van der Waals surface area contributed by atoms with Gasteiger partial charge < -0.3 is 9.87 Å². The molecule has 1 aromatic heterocycles. The van der Waals surface area contributed by atoms with Gasteiger partial charge >= 0.3 is 34.8 Å². The molecule has 0 spiro atoms. The number of alkyl halides is 2. The van der Waals surface area contributed by atoms with Crippen LogP contribution in [0.2, 0.25) is 0 Å². The van der Waals surface area contributed by atoms with Gasteiger partial charge in [0.1, 0.15) is 0 Å². The van der Waals surface area contributed by atoms with Crippen molar-refractivity contribution >= 4 is 26.6 Å². The third-order valence-electron chi connectivity index (χ3n) is 1.20. The Morgan fingerprint density at radius 1 is 1.47 bits per heavy atom. The van der Waals surface area contributed by atoms with Crippen molar-refractivity contribution in [1.29, 1.82) is 0 Å². The van der Waals surface area contributed by atoms with Gasteiger partial charge in [-0.15, -0.1) is 10.2 Å². The first-order valence-corrected chi connectivity index (χ1v) is 5.36. The fourth-order valence-corrected chi connectivity index (χ4v) is 1.80. The fraction of sp³-hybridized carbons (Fsp3) is 0.500. The van der Waals surface area contributed by atoms with Gasteiger partial charge in [-0.25, -0.2) is 8.42 Å². The number of aromatic nitrogens is 2. The van der Waals surface area contributed by atoms with Gasteiger partial charge in [0.05, 0.1) is 0 Å². The predicted molar refractivity (Wildman–Crippen MR) is 43.0 cm³/mol. The van der Waals surface area contributed by atoms with E-state index >= 15 is 0 Å². The minimum atomic E-state index is -5.75. The Balaban J connectivity index is 0.00000196. The molecule has 0 atom stereocenters. The van der Waals surface area contributed by atoms with E-state index in [1.807, 2.05) is 0 Å². The van der Waals surface area contributed by atoms with Gasteiger partial charge in [0.25, 0.3) is 0 Å². The van der Waals surface area contributed by atoms with E-state index < -0.39 is 20.4 Å². The summed E-state index contributed by atoms with van der Waals surface area (Å²) in [5, 5.41) is 2.81. The van der Waals surface area contributed by atoms with Crippen LogP contribution in [-0.4, -0.2) is 30.2 Å². The maximum atomic E-state index is 12.8. The molecular formula is C4H4F2N3NaO3S2. The molecule has 1 N–H and O–H groups in total. The van der Waals surface area contributed by atoms with Crippen molar-refractivity contribution in [3.63, 3.8) is 0 Å². The molecule has 1 heterocycles. The van der Waals surface area contributed by atoms with Crippen LogP contribution in [0.3, 0.4) is 0 Å². The molecule has 0 saturated carbocycles. The van der Waals surface area contributed by atoms with Gasteiger partial charge in [-0.2, -0.15) is 8.78 Å². The van der Waals surface area contributed by atoms with Crippen molar-refractivity contribution in [3.8, 4) is 0 Å². The summed E-state index contributed by atoms with van der Waals surface area (Å²) in [6.45, 7) is 0. The number of nitrogens with zero attached hydrogens (tertiary/aromatic N) is 2. The summed E-state index contributed by atoms with van der Waals surface area (Å²) in [4.78, 5) is 0. The quantitative estimate of drug-likeness (QED) is 0.469. The molecule has 1 rings (SSSR count). The van der Waals surface area contributed by atoms with Gasteiger partial charge in [0.15, 0.2) is 10.1 Å². The minimum absolute atomic E-state index is 0. The molecule has 11 heteroatoms. The van der Waals surface area contributed by atoms with Crippen LogP contribution in [0.25, 0.3) is 0 Å². The average Bonchev–Trinajstić information content (AvgIpc) is 2.49. The van der Waals surface area contributed by atoms with Crippen LogP contribution in [0.5, 0.6) is 0 Å². The molecular weight excluding hydrogens is 263 g/mol. The van der Waals surface area contributed by atoms with Crippen LogP contribution in [0.4, 0.5) is 13.9 Å². The second-order valence-electron chi connectivity index (χ2n) is 2.13. The van der Waals surface area contributed by atoms with E-state index in [0.717, 1.165) is 0 Å². The largest absolute Gasteiger partial charge is 1.00 e. The molecule has 0 aromatic carbocycles. The second kappa shape index (κ2) is 4.97. The summed E-state index contributed by atoms with van der Waals surface area (Å²) in [7, 11) is -4.36. The van der Waals surface area contributed by atoms with E-state index in [9.17, 15) is 21.8 Å². The summed E-state index contributed by atoms with van der Waals surface area (Å²) < 4.78 is 56.1. The predicted octanol–water partition coefficient (Wildman–Crippen LogP) is -2.82. The number of rotatable bonds is 3. The standard InChI is InChI=1S/C4H5F2N3O3S2.Na/c1-7-3-9-8-2(13-3)4(5,6)14(10,11)12;/h1H3,(H,7,9)(H,10,11,12);/q;+1/p-1. The topological polar surface area (TPSA) is 95.0 Å². The molecule has 0 fully saturated rings. The van der Waals surface area contributed by atoms with Crippen LogP contribution in [-0.2, 0) is 15.4 Å². The number of halogens is 2. The number of anilines is 1. The first-order chi connectivity index (χ1) is 6.29. The van der Waals surface area contributed by atoms with Crippen molar-refractivity contribution in [2.45, 2.75) is 5.25 Å². The Kier molecular flexibility index (Phi) is 5.02. The Labute approximate surface area is 110 Å². The number of hydrogen-bond donors (Lipinski definition) is 1. The summed E-state index contributed by atoms with van der Waals surface area (Å²) in [5.74, 6) is 0. The molecule has 0 unspecified atom stereocenters. The van der Waals surface area contributed by atoms with Crippen molar-refractivity contribution in [1.82, 2.24) is 10.2 Å². The van der Waals surface area contributed by atoms with Gasteiger partial charge in [-0.1, -0.05) is 11.3 Å². The number of nitrogens with one attached hydrogen (secondary N) is 1. The summed E-state index contributed by atoms with van der Waals surface area (Å²) in [6, 6.07) is 0. The van der Waals surface area contributed by atoms with Gasteiger partial charge in [-0.05, 0) is 0 Å². The molecule has 0 saturated heterocycles. The first kappa shape index (κ1) is 15.1. The summed E-state index contributed by atoms with van der Waals surface area (Å²) in [5.41, 5.74) is 0. The van der Waals surface area contributed by atoms with Crippen LogP contribution < -0.4 is 34.9 Å². The van der Waals surface area contributed by atoms with Gasteiger partial charge in [0.2, 0.25) is 10.1 Å². The van der Waals surface area contributed by atoms with Crippen molar-refractivity contribution < 1.29 is 51.3 Å². The normalized spacial score (nSPS) is 12.0. The zero-order chi connectivity index (χ0) is 11.0. The third kappa shape index (κ3) is 3.04. The molecule has 0 bridgehead atoms. The van der Waals surface area contributed by atoms with E-state index in [2.05, 4.69) is 15.5 Å². The molecule has 0 aliphatic carbocycles. The molecule has 0 radical (unpaired) electrons. The van der Waals surface area contributed by atoms with Crippen LogP contribution in [0.15, 0.2) is 0 Å². The van der Waals surface area contributed by atoms with Gasteiger partial charge in [0, 0.05) is 7.05 Å². The Bertz CT molecular complexity index is 434. The summed E-state index contributed by atoms with van der Waals surface area (Å²) in [6.07, 6.45) is 0. The average molecular weight is 267 g/mol. The van der Waals surface area contributed by atoms with E-state index in [1.165, 1.54) is 7.05 Å². The fourth-order valence-electron chi connectivity index (χ4n) is 0.549. The monoisotopic (exact) mass is 267 g/mol. The summed E-state index contributed by atoms with van der Waals surface area (Å²) >= 11 is 0.304. The minimum Gasteiger partial charge on any atom is -0.743 e. The van der Waals surface area contributed by atoms with E-state index in [1.54, 1.807) is 0 Å².